The lowest BCUT2D eigenvalue weighted by Gasteiger charge is -2.35. The third kappa shape index (κ3) is 8.59. The monoisotopic (exact) mass is 1340 g/mol. The number of hydrogen-bond donors (Lipinski definition) is 0. The summed E-state index contributed by atoms with van der Waals surface area (Å²) in [6, 6.07) is 81.5. The van der Waals surface area contributed by atoms with E-state index >= 15 is 0 Å². The van der Waals surface area contributed by atoms with Gasteiger partial charge in [-0.1, -0.05) is 267 Å². The van der Waals surface area contributed by atoms with Crippen molar-refractivity contribution in [1.29, 1.82) is 0 Å². The van der Waals surface area contributed by atoms with E-state index in [4.69, 9.17) is 13.3 Å². The van der Waals surface area contributed by atoms with Crippen molar-refractivity contribution < 1.29 is 13.3 Å². The fourth-order valence-corrected chi connectivity index (χ4v) is 21.0. The van der Waals surface area contributed by atoms with Crippen LogP contribution in [0.3, 0.4) is 0 Å². The Morgan fingerprint density at radius 1 is 0.282 bits per heavy atom. The van der Waals surface area contributed by atoms with Crippen LogP contribution in [0.2, 0.25) is 0 Å². The Bertz CT molecular complexity index is 6100. The summed E-state index contributed by atoms with van der Waals surface area (Å²) in [6.07, 6.45) is 14.4. The number of fused-ring (bicyclic) bond motifs is 29. The Labute approximate surface area is 605 Å². The molecular formula is C99H89NO3. The summed E-state index contributed by atoms with van der Waals surface area (Å²) >= 11 is 0. The average Bonchev–Trinajstić information content (AvgIpc) is 1.52. The summed E-state index contributed by atoms with van der Waals surface area (Å²) in [4.78, 5) is 2.67. The van der Waals surface area contributed by atoms with E-state index in [1.807, 2.05) is 0 Å². The molecule has 0 bridgehead atoms. The van der Waals surface area contributed by atoms with Gasteiger partial charge in [-0.05, 0) is 203 Å². The molecule has 0 aliphatic heterocycles. The molecule has 3 heterocycles. The van der Waals surface area contributed by atoms with Crippen molar-refractivity contribution in [2.75, 3.05) is 4.90 Å². The van der Waals surface area contributed by atoms with Crippen molar-refractivity contribution in [3.63, 3.8) is 0 Å². The fourth-order valence-electron chi connectivity index (χ4n) is 21.0. The standard InChI is InChI=1S/C99H89NO3/c1-11-13-15-17-30-50-99(51-31-18-16-14-12-2)78-54-61(44-47-65(78)84-79(99)55-69(58-32-20-19-21-33-58)93-88(84)67-36-24-28-40-81(67)102-93)100(59-42-45-62-70-56-77-71(57-76(70)96(5,6)74(62)52-59)85-73(95(77,3)4)48-49-83-86(85)66-35-23-27-39-80(66)101-83)60-43-46-64-75(53-60)98(9,10)91-87(64)89-68-37-25-29-41-82(68)103-94(89)90-63-34-22-26-38-72(63)97(7,8)92(90)91/h19-29,32-49,52-57H,11-18,30-31,50-51H2,1-10H3. The topological polar surface area (TPSA) is 42.7 Å². The van der Waals surface area contributed by atoms with E-state index in [1.54, 1.807) is 0 Å². The maximum atomic E-state index is 7.20. The molecule has 15 aromatic rings. The number of unbranched alkanes of at least 4 members (excludes halogenated alkanes) is 8. The Hall–Kier alpha value is -10.2. The van der Waals surface area contributed by atoms with Crippen LogP contribution >= 0.6 is 0 Å². The van der Waals surface area contributed by atoms with Gasteiger partial charge in [-0.25, -0.2) is 0 Å². The maximum Gasteiger partial charge on any atom is 0.144 e. The Morgan fingerprint density at radius 2 is 0.738 bits per heavy atom. The van der Waals surface area contributed by atoms with E-state index in [-0.39, 0.29) is 21.7 Å². The highest BCUT2D eigenvalue weighted by molar-refractivity contribution is 6.22. The maximum absolute atomic E-state index is 7.20. The molecule has 4 heteroatoms. The molecule has 0 spiro atoms. The quantitative estimate of drug-likeness (QED) is 0.0904. The van der Waals surface area contributed by atoms with Crippen LogP contribution in [0.15, 0.2) is 226 Å². The zero-order chi connectivity index (χ0) is 69.8. The van der Waals surface area contributed by atoms with Gasteiger partial charge in [0.05, 0.1) is 0 Å². The molecule has 5 aliphatic rings. The van der Waals surface area contributed by atoms with Crippen LogP contribution in [0.4, 0.5) is 17.1 Å². The highest BCUT2D eigenvalue weighted by Crippen LogP contribution is 2.66. The van der Waals surface area contributed by atoms with Gasteiger partial charge in [-0.15, -0.1) is 0 Å². The van der Waals surface area contributed by atoms with Crippen molar-refractivity contribution in [2.24, 2.45) is 0 Å². The minimum atomic E-state index is -0.398. The van der Waals surface area contributed by atoms with Crippen LogP contribution in [0.25, 0.3) is 133 Å². The van der Waals surface area contributed by atoms with Gasteiger partial charge in [-0.2, -0.15) is 0 Å². The third-order valence-corrected chi connectivity index (χ3v) is 26.1. The molecule has 0 N–H and O–H groups in total. The van der Waals surface area contributed by atoms with Crippen molar-refractivity contribution in [1.82, 2.24) is 0 Å². The van der Waals surface area contributed by atoms with E-state index in [2.05, 4.69) is 286 Å². The molecule has 0 fully saturated rings. The zero-order valence-electron chi connectivity index (χ0n) is 61.4. The lowest BCUT2D eigenvalue weighted by atomic mass is 9.70. The van der Waals surface area contributed by atoms with Crippen LogP contribution in [0.1, 0.15) is 202 Å². The van der Waals surface area contributed by atoms with Gasteiger partial charge >= 0.3 is 0 Å². The summed E-state index contributed by atoms with van der Waals surface area (Å²) in [5, 5.41) is 7.23. The first-order valence-electron chi connectivity index (χ1n) is 38.6. The molecular weight excluding hydrogens is 1250 g/mol. The van der Waals surface area contributed by atoms with Crippen molar-refractivity contribution in [3.05, 3.63) is 268 Å². The number of rotatable bonds is 16. The van der Waals surface area contributed by atoms with Crippen LogP contribution in [-0.4, -0.2) is 0 Å². The van der Waals surface area contributed by atoms with Gasteiger partial charge < -0.3 is 18.2 Å². The second-order valence-electron chi connectivity index (χ2n) is 33.2. The van der Waals surface area contributed by atoms with E-state index in [0.29, 0.717) is 0 Å². The minimum absolute atomic E-state index is 0.222. The number of anilines is 3. The lowest BCUT2D eigenvalue weighted by molar-refractivity contribution is 0.399. The summed E-state index contributed by atoms with van der Waals surface area (Å²) in [5.41, 5.74) is 37.2. The van der Waals surface area contributed by atoms with Gasteiger partial charge in [0.2, 0.25) is 0 Å². The van der Waals surface area contributed by atoms with Crippen molar-refractivity contribution in [2.45, 2.75) is 173 Å². The van der Waals surface area contributed by atoms with Crippen LogP contribution in [0.5, 0.6) is 0 Å². The summed E-state index contributed by atoms with van der Waals surface area (Å²) in [6.45, 7) is 24.4. The van der Waals surface area contributed by atoms with Gasteiger partial charge in [0, 0.05) is 87.6 Å². The van der Waals surface area contributed by atoms with Gasteiger partial charge in [0.25, 0.3) is 0 Å². The molecule has 0 atom stereocenters. The molecule has 5 aliphatic carbocycles. The molecule has 508 valence electrons. The second-order valence-corrected chi connectivity index (χ2v) is 33.2. The van der Waals surface area contributed by atoms with Crippen LogP contribution < -0.4 is 4.90 Å². The molecule has 12 aromatic carbocycles. The summed E-state index contributed by atoms with van der Waals surface area (Å²) in [5.74, 6) is 0. The molecule has 20 rings (SSSR count). The minimum Gasteiger partial charge on any atom is -0.456 e. The number of para-hydroxylation sites is 3. The molecule has 0 saturated carbocycles. The van der Waals surface area contributed by atoms with E-state index in [1.165, 1.54) is 212 Å². The first-order chi connectivity index (χ1) is 50.0. The normalized spacial score (nSPS) is 15.9. The average molecular weight is 1340 g/mol. The predicted molar refractivity (Wildman–Crippen MR) is 432 cm³/mol. The number of furan rings is 3. The first kappa shape index (κ1) is 62.6. The SMILES string of the molecule is CCCCCCCC1(CCCCCCC)c2cc(N(c3ccc4c(c3)C(C)(C)c3cc5c(cc3-4)C(C)(C)c3ccc4oc6ccccc6c4c3-5)c3ccc4c(c3)C(C)(C)c3c5c(c6oc7ccccc7c6c3-4)-c3ccccc3C5(C)C)ccc2-c2c1cc(-c1ccccc1)c1oc3ccccc3c21. The number of nitrogens with zero attached hydrogens (tertiary/aromatic N) is 1. The molecule has 0 radical (unpaired) electrons. The zero-order valence-corrected chi connectivity index (χ0v) is 61.4. The fraction of sp³-hybridized carbons (Fsp3) is 0.273. The predicted octanol–water partition coefficient (Wildman–Crippen LogP) is 28.7. The van der Waals surface area contributed by atoms with Gasteiger partial charge in [0.1, 0.15) is 33.5 Å². The molecule has 3 aromatic heterocycles. The Morgan fingerprint density at radius 3 is 1.40 bits per heavy atom. The van der Waals surface area contributed by atoms with Gasteiger partial charge in [0.15, 0.2) is 0 Å². The second kappa shape index (κ2) is 22.4. The van der Waals surface area contributed by atoms with Crippen molar-refractivity contribution >= 4 is 82.9 Å². The Kier molecular flexibility index (Phi) is 13.6. The van der Waals surface area contributed by atoms with Crippen LogP contribution in [-0.2, 0) is 27.1 Å². The molecule has 0 unspecified atom stereocenters. The largest absolute Gasteiger partial charge is 0.456 e. The molecule has 4 nitrogen and oxygen atoms in total. The molecule has 0 amide bonds. The number of benzene rings is 12. The smallest absolute Gasteiger partial charge is 0.144 e. The Balaban J connectivity index is 0.824. The molecule has 103 heavy (non-hydrogen) atoms. The summed E-state index contributed by atoms with van der Waals surface area (Å²) < 4.78 is 21.0. The van der Waals surface area contributed by atoms with E-state index < -0.39 is 5.41 Å². The highest BCUT2D eigenvalue weighted by atomic mass is 16.3. The lowest BCUT2D eigenvalue weighted by Crippen LogP contribution is -2.26. The van der Waals surface area contributed by atoms with E-state index in [9.17, 15) is 0 Å². The number of hydrogen-bond acceptors (Lipinski definition) is 4. The first-order valence-corrected chi connectivity index (χ1v) is 38.6. The summed E-state index contributed by atoms with van der Waals surface area (Å²) in [7, 11) is 0. The van der Waals surface area contributed by atoms with Crippen molar-refractivity contribution in [3.8, 4) is 66.8 Å². The van der Waals surface area contributed by atoms with E-state index in [0.717, 1.165) is 70.6 Å². The molecule has 0 saturated heterocycles. The third-order valence-electron chi connectivity index (χ3n) is 26.1. The van der Waals surface area contributed by atoms with Gasteiger partial charge in [-0.3, -0.25) is 0 Å². The highest BCUT2D eigenvalue weighted by Gasteiger charge is 2.51. The van der Waals surface area contributed by atoms with Crippen LogP contribution in [0, 0.1) is 0 Å².